The van der Waals surface area contributed by atoms with Gasteiger partial charge in [0.15, 0.2) is 11.6 Å². The van der Waals surface area contributed by atoms with Crippen LogP contribution in [0.1, 0.15) is 66.2 Å². The van der Waals surface area contributed by atoms with Gasteiger partial charge in [-0.25, -0.2) is 8.78 Å². The number of fused-ring (bicyclic) bond motifs is 1. The summed E-state index contributed by atoms with van der Waals surface area (Å²) in [5, 5.41) is 2.67. The average Bonchev–Trinajstić information content (AvgIpc) is 2.83. The molecule has 2 aliphatic rings. The normalized spacial score (nSPS) is 20.2. The summed E-state index contributed by atoms with van der Waals surface area (Å²) in [6.45, 7) is 3.95. The topological polar surface area (TPSA) is 58.6 Å². The van der Waals surface area contributed by atoms with E-state index in [1.165, 1.54) is 31.7 Å². The van der Waals surface area contributed by atoms with Crippen molar-refractivity contribution in [1.82, 2.24) is 4.90 Å². The second-order valence-corrected chi connectivity index (χ2v) is 8.99. The van der Waals surface area contributed by atoms with Crippen LogP contribution in [0.25, 0.3) is 0 Å². The Balaban J connectivity index is 1.51. The van der Waals surface area contributed by atoms with Crippen molar-refractivity contribution in [2.45, 2.75) is 45.4 Å². The molecule has 1 aliphatic heterocycles. The van der Waals surface area contributed by atoms with Crippen LogP contribution < -0.4 is 10.1 Å². The number of nitrogens with zero attached hydrogens (tertiary/aromatic N) is 1. The number of carbonyl (C=O) groups excluding carboxylic acids is 2. The van der Waals surface area contributed by atoms with Crippen molar-refractivity contribution in [1.29, 1.82) is 0 Å². The number of amides is 2. The molecule has 4 rings (SSSR count). The fourth-order valence-electron chi connectivity index (χ4n) is 4.90. The zero-order chi connectivity index (χ0) is 23.4. The summed E-state index contributed by atoms with van der Waals surface area (Å²) in [4.78, 5) is 27.8. The molecule has 0 bridgehead atoms. The van der Waals surface area contributed by atoms with Gasteiger partial charge in [-0.05, 0) is 61.4 Å². The van der Waals surface area contributed by atoms with E-state index in [0.29, 0.717) is 29.5 Å². The van der Waals surface area contributed by atoms with Crippen LogP contribution in [0.5, 0.6) is 5.75 Å². The number of hydrogen-bond donors (Lipinski definition) is 1. The molecule has 1 aliphatic carbocycles. The predicted octanol–water partition coefficient (Wildman–Crippen LogP) is 5.66. The van der Waals surface area contributed by atoms with Gasteiger partial charge in [-0.1, -0.05) is 26.2 Å². The van der Waals surface area contributed by atoms with Gasteiger partial charge in [-0.2, -0.15) is 0 Å². The van der Waals surface area contributed by atoms with Gasteiger partial charge in [0.25, 0.3) is 11.8 Å². The lowest BCUT2D eigenvalue weighted by Crippen LogP contribution is -2.44. The van der Waals surface area contributed by atoms with Crippen molar-refractivity contribution in [2.75, 3.05) is 25.0 Å². The summed E-state index contributed by atoms with van der Waals surface area (Å²) in [7, 11) is 0. The molecule has 0 radical (unpaired) electrons. The highest BCUT2D eigenvalue weighted by Crippen LogP contribution is 2.37. The quantitative estimate of drug-likeness (QED) is 0.610. The molecule has 176 valence electrons. The number of ether oxygens (including phenoxy) is 1. The summed E-state index contributed by atoms with van der Waals surface area (Å²) >= 11 is 0. The number of likely N-dealkylation sites (tertiary alicyclic amines) is 1. The van der Waals surface area contributed by atoms with Gasteiger partial charge >= 0.3 is 0 Å². The van der Waals surface area contributed by atoms with Crippen LogP contribution in [0.15, 0.2) is 36.4 Å². The van der Waals surface area contributed by atoms with Gasteiger partial charge in [0.05, 0.1) is 12.2 Å². The third-order valence-corrected chi connectivity index (χ3v) is 6.69. The second kappa shape index (κ2) is 10.3. The number of rotatable bonds is 6. The lowest BCUT2D eigenvalue weighted by atomic mass is 9.75. The van der Waals surface area contributed by atoms with Crippen LogP contribution in [0, 0.1) is 23.5 Å². The molecule has 0 aromatic heterocycles. The Kier molecular flexibility index (Phi) is 7.26. The van der Waals surface area contributed by atoms with Crippen molar-refractivity contribution in [3.05, 3.63) is 59.2 Å². The molecule has 1 N–H and O–H groups in total. The predicted molar refractivity (Wildman–Crippen MR) is 123 cm³/mol. The minimum absolute atomic E-state index is 0.000400. The third kappa shape index (κ3) is 5.34. The van der Waals surface area contributed by atoms with Crippen molar-refractivity contribution in [3.63, 3.8) is 0 Å². The van der Waals surface area contributed by atoms with Crippen LogP contribution >= 0.6 is 0 Å². The van der Waals surface area contributed by atoms with E-state index in [9.17, 15) is 18.4 Å². The summed E-state index contributed by atoms with van der Waals surface area (Å²) in [5.74, 6) is -1.01. The molecule has 2 atom stereocenters. The first-order valence-electron chi connectivity index (χ1n) is 11.8. The first-order valence-corrected chi connectivity index (χ1v) is 11.8. The van der Waals surface area contributed by atoms with Crippen molar-refractivity contribution in [3.8, 4) is 5.75 Å². The Hall–Kier alpha value is -2.96. The summed E-state index contributed by atoms with van der Waals surface area (Å²) < 4.78 is 32.5. The lowest BCUT2D eigenvalue weighted by molar-refractivity contribution is 0.0517. The molecule has 1 saturated heterocycles. The van der Waals surface area contributed by atoms with Gasteiger partial charge in [-0.15, -0.1) is 0 Å². The monoisotopic (exact) mass is 456 g/mol. The number of halogens is 2. The minimum Gasteiger partial charge on any atom is -0.493 e. The summed E-state index contributed by atoms with van der Waals surface area (Å²) in [6, 6.07) is 7.91. The molecule has 1 saturated carbocycles. The SMILES string of the molecule is CCCOc1cc(NC(=O)c2ccc(F)c(F)c2)ccc1C(=O)N1CC[C@H]2CCCC[C@H]2C1. The molecule has 2 amide bonds. The van der Waals surface area contributed by atoms with Crippen LogP contribution in [0.4, 0.5) is 14.5 Å². The van der Waals surface area contributed by atoms with Crippen LogP contribution in [0.3, 0.4) is 0 Å². The Morgan fingerprint density at radius 1 is 1.03 bits per heavy atom. The van der Waals surface area contributed by atoms with E-state index in [-0.39, 0.29) is 11.5 Å². The molecule has 2 aromatic rings. The number of hydrogen-bond acceptors (Lipinski definition) is 3. The maximum Gasteiger partial charge on any atom is 0.257 e. The first kappa shape index (κ1) is 23.2. The molecular weight excluding hydrogens is 426 g/mol. The summed E-state index contributed by atoms with van der Waals surface area (Å²) in [5.41, 5.74) is 0.891. The number of nitrogens with one attached hydrogen (secondary N) is 1. The van der Waals surface area contributed by atoms with Gasteiger partial charge in [-0.3, -0.25) is 9.59 Å². The smallest absolute Gasteiger partial charge is 0.257 e. The van der Waals surface area contributed by atoms with Gasteiger partial charge < -0.3 is 15.0 Å². The van der Waals surface area contributed by atoms with Crippen molar-refractivity contribution < 1.29 is 23.1 Å². The second-order valence-electron chi connectivity index (χ2n) is 8.99. The van der Waals surface area contributed by atoms with E-state index in [4.69, 9.17) is 4.74 Å². The maximum absolute atomic E-state index is 13.5. The highest BCUT2D eigenvalue weighted by molar-refractivity contribution is 6.05. The molecule has 5 nitrogen and oxygen atoms in total. The van der Waals surface area contributed by atoms with Gasteiger partial charge in [0.1, 0.15) is 5.75 Å². The van der Waals surface area contributed by atoms with E-state index >= 15 is 0 Å². The van der Waals surface area contributed by atoms with Crippen molar-refractivity contribution in [2.24, 2.45) is 11.8 Å². The number of anilines is 1. The molecule has 33 heavy (non-hydrogen) atoms. The fraction of sp³-hybridized carbons (Fsp3) is 0.462. The molecule has 7 heteroatoms. The van der Waals surface area contributed by atoms with Crippen LogP contribution in [-0.4, -0.2) is 36.4 Å². The Morgan fingerprint density at radius 3 is 2.58 bits per heavy atom. The molecule has 1 heterocycles. The Morgan fingerprint density at radius 2 is 1.82 bits per heavy atom. The van der Waals surface area contributed by atoms with Crippen molar-refractivity contribution >= 4 is 17.5 Å². The highest BCUT2D eigenvalue weighted by atomic mass is 19.2. The summed E-state index contributed by atoms with van der Waals surface area (Å²) in [6.07, 6.45) is 6.80. The minimum atomic E-state index is -1.09. The number of piperidine rings is 1. The Bertz CT molecular complexity index is 1030. The lowest BCUT2D eigenvalue weighted by Gasteiger charge is -2.41. The Labute approximate surface area is 193 Å². The maximum atomic E-state index is 13.5. The fourth-order valence-corrected chi connectivity index (χ4v) is 4.90. The van der Waals surface area contributed by atoms with Gasteiger partial charge in [0, 0.05) is 30.4 Å². The van der Waals surface area contributed by atoms with E-state index < -0.39 is 17.5 Å². The van der Waals surface area contributed by atoms with Crippen LogP contribution in [-0.2, 0) is 0 Å². The number of carbonyl (C=O) groups is 2. The molecule has 0 spiro atoms. The van der Waals surface area contributed by atoms with Gasteiger partial charge in [0.2, 0.25) is 0 Å². The molecular formula is C26H30F2N2O3. The molecule has 2 aromatic carbocycles. The highest BCUT2D eigenvalue weighted by Gasteiger charge is 2.34. The first-order chi connectivity index (χ1) is 16.0. The zero-order valence-electron chi connectivity index (χ0n) is 18.9. The third-order valence-electron chi connectivity index (χ3n) is 6.69. The molecule has 2 fully saturated rings. The molecule has 0 unspecified atom stereocenters. The van der Waals surface area contributed by atoms with E-state index in [0.717, 1.165) is 44.0 Å². The zero-order valence-corrected chi connectivity index (χ0v) is 18.9. The van der Waals surface area contributed by atoms with E-state index in [2.05, 4.69) is 5.32 Å². The van der Waals surface area contributed by atoms with E-state index in [1.54, 1.807) is 18.2 Å². The van der Waals surface area contributed by atoms with Crippen LogP contribution in [0.2, 0.25) is 0 Å². The average molecular weight is 457 g/mol. The largest absolute Gasteiger partial charge is 0.493 e. The number of benzene rings is 2. The van der Waals surface area contributed by atoms with E-state index in [1.807, 2.05) is 11.8 Å². The standard InChI is InChI=1S/C26H30F2N2O3/c1-2-13-33-24-15-20(29-25(31)18-7-10-22(27)23(28)14-18)8-9-21(24)26(32)30-12-11-17-5-3-4-6-19(17)16-30/h7-10,14-15,17,19H,2-6,11-13,16H2,1H3,(H,29,31)/t17-,19+/m1/s1.